The van der Waals surface area contributed by atoms with Crippen LogP contribution in [0.5, 0.6) is 0 Å². The molecule has 0 unspecified atom stereocenters. The fraction of sp³-hybridized carbons (Fsp3) is 0. The maximum absolute atomic E-state index is 5.82. The number of halogens is 1. The van der Waals surface area contributed by atoms with Gasteiger partial charge in [0.25, 0.3) is 0 Å². The number of fused-ring (bicyclic) bond motifs is 1. The van der Waals surface area contributed by atoms with E-state index in [9.17, 15) is 0 Å². The Balaban J connectivity index is 2.68. The quantitative estimate of drug-likeness (QED) is 0.548. The summed E-state index contributed by atoms with van der Waals surface area (Å²) in [5, 5.41) is 3.60. The molecule has 0 saturated carbocycles. The summed E-state index contributed by atoms with van der Waals surface area (Å²) in [6.45, 7) is 0. The fourth-order valence-electron chi connectivity index (χ4n) is 0.973. The Labute approximate surface area is 88.9 Å². The number of hydrogen-bond donors (Lipinski definition) is 0. The molecule has 0 N–H and O–H groups in total. The molecule has 1 heterocycles. The Morgan fingerprint density at radius 1 is 1.54 bits per heavy atom. The molecular weight excluding hydrogens is 224 g/mol. The Morgan fingerprint density at radius 3 is 3.15 bits per heavy atom. The standard InChI is InChI=1S/C8H3ClN2S2/c9-5-1-2-6-7(3-5)13-8(11-6)10-4-12/h1-3H. The van der Waals surface area contributed by atoms with Crippen LogP contribution in [0.1, 0.15) is 0 Å². The van der Waals surface area contributed by atoms with Crippen molar-refractivity contribution in [3.05, 3.63) is 23.2 Å². The molecule has 0 aliphatic carbocycles. The number of thiazole rings is 1. The van der Waals surface area contributed by atoms with Crippen LogP contribution in [0.15, 0.2) is 23.2 Å². The van der Waals surface area contributed by atoms with E-state index < -0.39 is 0 Å². The predicted octanol–water partition coefficient (Wildman–Crippen LogP) is 3.68. The van der Waals surface area contributed by atoms with Crippen molar-refractivity contribution in [1.29, 1.82) is 0 Å². The number of aromatic nitrogens is 1. The van der Waals surface area contributed by atoms with E-state index >= 15 is 0 Å². The molecule has 0 spiro atoms. The van der Waals surface area contributed by atoms with Gasteiger partial charge >= 0.3 is 0 Å². The van der Waals surface area contributed by atoms with Gasteiger partial charge < -0.3 is 0 Å². The van der Waals surface area contributed by atoms with E-state index in [0.29, 0.717) is 10.2 Å². The molecule has 0 fully saturated rings. The average molecular weight is 227 g/mol. The Kier molecular flexibility index (Phi) is 2.38. The van der Waals surface area contributed by atoms with Gasteiger partial charge in [0.15, 0.2) is 0 Å². The van der Waals surface area contributed by atoms with Crippen LogP contribution in [0.25, 0.3) is 10.2 Å². The summed E-state index contributed by atoms with van der Waals surface area (Å²) in [5.74, 6) is 0. The van der Waals surface area contributed by atoms with Crippen molar-refractivity contribution in [2.75, 3.05) is 0 Å². The normalized spacial score (nSPS) is 9.92. The van der Waals surface area contributed by atoms with Gasteiger partial charge in [-0.2, -0.15) is 4.99 Å². The molecule has 0 atom stereocenters. The molecule has 0 saturated heterocycles. The first-order valence-electron chi connectivity index (χ1n) is 3.43. The Bertz CT molecular complexity index is 500. The van der Waals surface area contributed by atoms with Crippen molar-refractivity contribution in [1.82, 2.24) is 4.98 Å². The van der Waals surface area contributed by atoms with Gasteiger partial charge in [0.1, 0.15) is 0 Å². The lowest BCUT2D eigenvalue weighted by molar-refractivity contribution is 1.42. The minimum absolute atomic E-state index is 0.618. The summed E-state index contributed by atoms with van der Waals surface area (Å²) in [7, 11) is 0. The highest BCUT2D eigenvalue weighted by molar-refractivity contribution is 7.78. The van der Waals surface area contributed by atoms with Gasteiger partial charge in [-0.1, -0.05) is 22.9 Å². The SMILES string of the molecule is S=C=Nc1nc2ccc(Cl)cc2s1. The van der Waals surface area contributed by atoms with Crippen LogP contribution in [-0.4, -0.2) is 10.1 Å². The predicted molar refractivity (Wildman–Crippen MR) is 59.3 cm³/mol. The number of nitrogens with zero attached hydrogens (tertiary/aromatic N) is 2. The van der Waals surface area contributed by atoms with E-state index in [2.05, 4.69) is 27.4 Å². The van der Waals surface area contributed by atoms with Crippen molar-refractivity contribution in [2.24, 2.45) is 4.99 Å². The maximum Gasteiger partial charge on any atom is 0.219 e. The maximum atomic E-state index is 5.82. The molecule has 0 bridgehead atoms. The van der Waals surface area contributed by atoms with Crippen LogP contribution in [0.3, 0.4) is 0 Å². The highest BCUT2D eigenvalue weighted by Crippen LogP contribution is 2.29. The summed E-state index contributed by atoms with van der Waals surface area (Å²) in [6, 6.07) is 5.52. The highest BCUT2D eigenvalue weighted by atomic mass is 35.5. The van der Waals surface area contributed by atoms with Crippen molar-refractivity contribution in [3.63, 3.8) is 0 Å². The van der Waals surface area contributed by atoms with E-state index in [0.717, 1.165) is 10.2 Å². The number of aliphatic imine (C=N–C) groups is 1. The number of thiocarbonyl (C=S) groups is 1. The second kappa shape index (κ2) is 3.52. The lowest BCUT2D eigenvalue weighted by Crippen LogP contribution is -1.65. The van der Waals surface area contributed by atoms with Gasteiger partial charge in [0.2, 0.25) is 5.13 Å². The summed E-state index contributed by atoms with van der Waals surface area (Å²) in [4.78, 5) is 8.01. The zero-order valence-corrected chi connectivity index (χ0v) is 8.71. The molecule has 64 valence electrons. The van der Waals surface area contributed by atoms with E-state index in [4.69, 9.17) is 11.6 Å². The molecule has 5 heteroatoms. The van der Waals surface area contributed by atoms with Gasteiger partial charge in [-0.3, -0.25) is 0 Å². The van der Waals surface area contributed by atoms with Gasteiger partial charge in [-0.05, 0) is 30.4 Å². The number of rotatable bonds is 1. The molecule has 0 aliphatic heterocycles. The number of benzene rings is 1. The Morgan fingerprint density at radius 2 is 2.38 bits per heavy atom. The van der Waals surface area contributed by atoms with Gasteiger partial charge in [-0.25, -0.2) is 4.98 Å². The topological polar surface area (TPSA) is 25.2 Å². The lowest BCUT2D eigenvalue weighted by atomic mass is 10.3. The molecule has 13 heavy (non-hydrogen) atoms. The third kappa shape index (κ3) is 1.76. The second-order valence-electron chi connectivity index (χ2n) is 2.31. The van der Waals surface area contributed by atoms with E-state index in [1.807, 2.05) is 12.1 Å². The van der Waals surface area contributed by atoms with Crippen molar-refractivity contribution >= 4 is 55.7 Å². The van der Waals surface area contributed by atoms with Gasteiger partial charge in [0.05, 0.1) is 15.4 Å². The summed E-state index contributed by atoms with van der Waals surface area (Å²) >= 11 is 11.8. The highest BCUT2D eigenvalue weighted by Gasteiger charge is 2.01. The van der Waals surface area contributed by atoms with E-state index in [1.54, 1.807) is 6.07 Å². The van der Waals surface area contributed by atoms with Gasteiger partial charge in [0, 0.05) is 5.02 Å². The summed E-state index contributed by atoms with van der Waals surface area (Å²) < 4.78 is 1.01. The van der Waals surface area contributed by atoms with Crippen LogP contribution in [0, 0.1) is 0 Å². The second-order valence-corrected chi connectivity index (χ2v) is 3.94. The van der Waals surface area contributed by atoms with E-state index in [-0.39, 0.29) is 0 Å². The third-order valence-corrected chi connectivity index (χ3v) is 2.72. The number of isothiocyanates is 1. The molecule has 2 aromatic rings. The first kappa shape index (κ1) is 8.78. The molecule has 1 aromatic heterocycles. The van der Waals surface area contributed by atoms with Crippen molar-refractivity contribution < 1.29 is 0 Å². The van der Waals surface area contributed by atoms with Crippen LogP contribution >= 0.6 is 35.2 Å². The van der Waals surface area contributed by atoms with Crippen LogP contribution in [-0.2, 0) is 0 Å². The molecule has 0 radical (unpaired) electrons. The Hall–Kier alpha value is -0.800. The minimum Gasteiger partial charge on any atom is -0.218 e. The van der Waals surface area contributed by atoms with Crippen LogP contribution in [0.2, 0.25) is 5.02 Å². The largest absolute Gasteiger partial charge is 0.219 e. The van der Waals surface area contributed by atoms with Crippen LogP contribution < -0.4 is 0 Å². The molecular formula is C8H3ClN2S2. The smallest absolute Gasteiger partial charge is 0.218 e. The zero-order chi connectivity index (χ0) is 9.26. The summed E-state index contributed by atoms with van der Waals surface area (Å²) in [6.07, 6.45) is 0. The molecule has 0 aliphatic rings. The molecule has 0 amide bonds. The lowest BCUT2D eigenvalue weighted by Gasteiger charge is -1.86. The van der Waals surface area contributed by atoms with Gasteiger partial charge in [-0.15, -0.1) is 0 Å². The van der Waals surface area contributed by atoms with Crippen LogP contribution in [0.4, 0.5) is 5.13 Å². The van der Waals surface area contributed by atoms with E-state index in [1.165, 1.54) is 11.3 Å². The fourth-order valence-corrected chi connectivity index (χ4v) is 2.19. The minimum atomic E-state index is 0.618. The first-order valence-corrected chi connectivity index (χ1v) is 5.04. The first-order chi connectivity index (χ1) is 6.29. The zero-order valence-electron chi connectivity index (χ0n) is 6.32. The summed E-state index contributed by atoms with van der Waals surface area (Å²) in [5.41, 5.74) is 0.887. The average Bonchev–Trinajstić information content (AvgIpc) is 2.46. The molecule has 2 rings (SSSR count). The molecule has 1 aromatic carbocycles. The van der Waals surface area contributed by atoms with Crippen molar-refractivity contribution in [2.45, 2.75) is 0 Å². The monoisotopic (exact) mass is 226 g/mol. The molecule has 2 nitrogen and oxygen atoms in total. The number of hydrogen-bond acceptors (Lipinski definition) is 4. The van der Waals surface area contributed by atoms with Crippen molar-refractivity contribution in [3.8, 4) is 0 Å². The third-order valence-electron chi connectivity index (χ3n) is 1.48.